The highest BCUT2D eigenvalue weighted by Gasteiger charge is 2.22. The summed E-state index contributed by atoms with van der Waals surface area (Å²) in [5.74, 6) is -0.527. The van der Waals surface area contributed by atoms with Gasteiger partial charge in [-0.05, 0) is 19.1 Å². The minimum Gasteiger partial charge on any atom is -0.466 e. The van der Waals surface area contributed by atoms with Gasteiger partial charge in [0.15, 0.2) is 0 Å². The number of aryl methyl sites for hydroxylation is 1. The standard InChI is InChI=1S/C15H19NO4S/c1-4-11-16(12-5-6-15(17)20-3)21(18,19)14-9-7-13(2)8-10-14/h4-10H,1,11-12H2,2-3H3/b6-5-. The van der Waals surface area contributed by atoms with E-state index in [9.17, 15) is 13.2 Å². The fourth-order valence-corrected chi connectivity index (χ4v) is 2.97. The van der Waals surface area contributed by atoms with Crippen LogP contribution in [0, 0.1) is 6.92 Å². The van der Waals surface area contributed by atoms with Crippen molar-refractivity contribution >= 4 is 16.0 Å². The largest absolute Gasteiger partial charge is 0.466 e. The summed E-state index contributed by atoms with van der Waals surface area (Å²) >= 11 is 0. The first-order valence-corrected chi connectivity index (χ1v) is 7.78. The van der Waals surface area contributed by atoms with Crippen molar-refractivity contribution in [2.45, 2.75) is 11.8 Å². The lowest BCUT2D eigenvalue weighted by molar-refractivity contribution is -0.134. The van der Waals surface area contributed by atoms with Crippen molar-refractivity contribution in [2.24, 2.45) is 0 Å². The van der Waals surface area contributed by atoms with E-state index in [2.05, 4.69) is 11.3 Å². The topological polar surface area (TPSA) is 63.7 Å². The maximum absolute atomic E-state index is 12.5. The molecule has 21 heavy (non-hydrogen) atoms. The molecule has 0 N–H and O–H groups in total. The van der Waals surface area contributed by atoms with Gasteiger partial charge in [-0.2, -0.15) is 4.31 Å². The predicted octanol–water partition coefficient (Wildman–Crippen LogP) is 1.90. The van der Waals surface area contributed by atoms with Crippen LogP contribution in [-0.4, -0.2) is 38.9 Å². The zero-order valence-corrected chi connectivity index (χ0v) is 13.0. The van der Waals surface area contributed by atoms with E-state index in [4.69, 9.17) is 0 Å². The van der Waals surface area contributed by atoms with Gasteiger partial charge < -0.3 is 4.74 Å². The number of carbonyl (C=O) groups is 1. The number of methoxy groups -OCH3 is 1. The molecule has 0 aliphatic carbocycles. The zero-order chi connectivity index (χ0) is 15.9. The van der Waals surface area contributed by atoms with Gasteiger partial charge in [-0.25, -0.2) is 13.2 Å². The third kappa shape index (κ3) is 4.84. The number of benzene rings is 1. The third-order valence-corrected chi connectivity index (χ3v) is 4.60. The Morgan fingerprint density at radius 1 is 1.29 bits per heavy atom. The van der Waals surface area contributed by atoms with Crippen LogP contribution in [0.25, 0.3) is 0 Å². The molecule has 0 unspecified atom stereocenters. The molecule has 0 aliphatic rings. The summed E-state index contributed by atoms with van der Waals surface area (Å²) in [6, 6.07) is 6.60. The molecule has 0 saturated carbocycles. The number of nitrogens with zero attached hydrogens (tertiary/aromatic N) is 1. The van der Waals surface area contributed by atoms with Gasteiger partial charge in [0, 0.05) is 19.2 Å². The molecule has 5 nitrogen and oxygen atoms in total. The van der Waals surface area contributed by atoms with Crippen LogP contribution >= 0.6 is 0 Å². The summed E-state index contributed by atoms with van der Waals surface area (Å²) in [4.78, 5) is 11.2. The molecule has 0 heterocycles. The highest BCUT2D eigenvalue weighted by atomic mass is 32.2. The molecule has 0 atom stereocenters. The lowest BCUT2D eigenvalue weighted by atomic mass is 10.2. The fraction of sp³-hybridized carbons (Fsp3) is 0.267. The normalized spacial score (nSPS) is 11.8. The van der Waals surface area contributed by atoms with Gasteiger partial charge in [0.25, 0.3) is 0 Å². The zero-order valence-electron chi connectivity index (χ0n) is 12.2. The second-order valence-electron chi connectivity index (χ2n) is 4.35. The van der Waals surface area contributed by atoms with Gasteiger partial charge in [-0.3, -0.25) is 0 Å². The Morgan fingerprint density at radius 2 is 1.90 bits per heavy atom. The summed E-state index contributed by atoms with van der Waals surface area (Å²) in [6.07, 6.45) is 4.14. The monoisotopic (exact) mass is 309 g/mol. The highest BCUT2D eigenvalue weighted by Crippen LogP contribution is 2.16. The van der Waals surface area contributed by atoms with Crippen LogP contribution in [0.15, 0.2) is 54.0 Å². The average molecular weight is 309 g/mol. The first-order valence-electron chi connectivity index (χ1n) is 6.34. The second kappa shape index (κ2) is 7.75. The summed E-state index contributed by atoms with van der Waals surface area (Å²) in [6.45, 7) is 5.67. The van der Waals surface area contributed by atoms with E-state index in [0.717, 1.165) is 5.56 Å². The Morgan fingerprint density at radius 3 is 2.43 bits per heavy atom. The highest BCUT2D eigenvalue weighted by molar-refractivity contribution is 7.89. The molecule has 1 aromatic rings. The van der Waals surface area contributed by atoms with Gasteiger partial charge in [-0.15, -0.1) is 6.58 Å². The molecule has 1 rings (SSSR count). The van der Waals surface area contributed by atoms with E-state index in [-0.39, 0.29) is 18.0 Å². The molecule has 6 heteroatoms. The maximum atomic E-state index is 12.5. The molecule has 0 amide bonds. The molecule has 0 fully saturated rings. The van der Waals surface area contributed by atoms with Gasteiger partial charge in [0.05, 0.1) is 12.0 Å². The van der Waals surface area contributed by atoms with Crippen molar-refractivity contribution < 1.29 is 17.9 Å². The molecule has 0 spiro atoms. The predicted molar refractivity (Wildman–Crippen MR) is 81.3 cm³/mol. The molecule has 0 aliphatic heterocycles. The number of sulfonamides is 1. The average Bonchev–Trinajstić information content (AvgIpc) is 2.46. The van der Waals surface area contributed by atoms with Crippen molar-refractivity contribution in [3.63, 3.8) is 0 Å². The number of hydrogen-bond acceptors (Lipinski definition) is 4. The first-order chi connectivity index (χ1) is 9.91. The summed E-state index contributed by atoms with van der Waals surface area (Å²) in [7, 11) is -2.36. The van der Waals surface area contributed by atoms with Crippen molar-refractivity contribution in [1.82, 2.24) is 4.31 Å². The van der Waals surface area contributed by atoms with Crippen LogP contribution in [0.3, 0.4) is 0 Å². The van der Waals surface area contributed by atoms with Crippen LogP contribution in [0.1, 0.15) is 5.56 Å². The number of hydrogen-bond donors (Lipinski definition) is 0. The fourth-order valence-electron chi connectivity index (χ4n) is 1.61. The second-order valence-corrected chi connectivity index (χ2v) is 6.29. The minimum atomic E-state index is -3.63. The van der Waals surface area contributed by atoms with E-state index in [0.29, 0.717) is 0 Å². The molecule has 114 valence electrons. The maximum Gasteiger partial charge on any atom is 0.330 e. The Hall–Kier alpha value is -1.92. The summed E-state index contributed by atoms with van der Waals surface area (Å²) < 4.78 is 30.7. The number of esters is 1. The Balaban J connectivity index is 2.97. The van der Waals surface area contributed by atoms with E-state index in [1.807, 2.05) is 6.92 Å². The Kier molecular flexibility index (Phi) is 6.33. The molecule has 0 saturated heterocycles. The first kappa shape index (κ1) is 17.1. The van der Waals surface area contributed by atoms with E-state index < -0.39 is 16.0 Å². The van der Waals surface area contributed by atoms with E-state index in [1.165, 1.54) is 29.6 Å². The SMILES string of the molecule is C=CCN(C/C=C\C(=O)OC)S(=O)(=O)c1ccc(C)cc1. The third-order valence-electron chi connectivity index (χ3n) is 2.76. The van der Waals surface area contributed by atoms with E-state index in [1.54, 1.807) is 24.3 Å². The summed E-state index contributed by atoms with van der Waals surface area (Å²) in [5.41, 5.74) is 0.981. The molecule has 0 bridgehead atoms. The van der Waals surface area contributed by atoms with Gasteiger partial charge in [-0.1, -0.05) is 29.8 Å². The summed E-state index contributed by atoms with van der Waals surface area (Å²) in [5, 5.41) is 0. The van der Waals surface area contributed by atoms with Crippen LogP contribution in [0.2, 0.25) is 0 Å². The van der Waals surface area contributed by atoms with Crippen LogP contribution in [0.4, 0.5) is 0 Å². The molecule has 1 aromatic carbocycles. The van der Waals surface area contributed by atoms with Gasteiger partial charge >= 0.3 is 5.97 Å². The number of ether oxygens (including phenoxy) is 1. The quantitative estimate of drug-likeness (QED) is 0.438. The number of rotatable bonds is 7. The van der Waals surface area contributed by atoms with Crippen LogP contribution < -0.4 is 0 Å². The molecular formula is C15H19NO4S. The van der Waals surface area contributed by atoms with Crippen molar-refractivity contribution in [2.75, 3.05) is 20.2 Å². The van der Waals surface area contributed by atoms with Gasteiger partial charge in [0.2, 0.25) is 10.0 Å². The Labute approximate surface area is 125 Å². The molecule has 0 radical (unpaired) electrons. The molecular weight excluding hydrogens is 290 g/mol. The lowest BCUT2D eigenvalue weighted by Crippen LogP contribution is -2.31. The van der Waals surface area contributed by atoms with Crippen LogP contribution in [0.5, 0.6) is 0 Å². The van der Waals surface area contributed by atoms with E-state index >= 15 is 0 Å². The van der Waals surface area contributed by atoms with Crippen molar-refractivity contribution in [3.8, 4) is 0 Å². The van der Waals surface area contributed by atoms with Gasteiger partial charge in [0.1, 0.15) is 0 Å². The van der Waals surface area contributed by atoms with Crippen LogP contribution in [-0.2, 0) is 19.6 Å². The molecule has 0 aromatic heterocycles. The van der Waals surface area contributed by atoms with Crippen molar-refractivity contribution in [1.29, 1.82) is 0 Å². The Bertz CT molecular complexity index is 618. The number of carbonyl (C=O) groups excluding carboxylic acids is 1. The minimum absolute atomic E-state index is 0.0668. The smallest absolute Gasteiger partial charge is 0.330 e. The lowest BCUT2D eigenvalue weighted by Gasteiger charge is -2.19. The van der Waals surface area contributed by atoms with Crippen molar-refractivity contribution in [3.05, 3.63) is 54.6 Å².